The third-order valence-electron chi connectivity index (χ3n) is 9.35. The van der Waals surface area contributed by atoms with E-state index in [1.165, 1.54) is 0 Å². The Balaban J connectivity index is 1.39. The summed E-state index contributed by atoms with van der Waals surface area (Å²) < 4.78 is 6.66. The van der Waals surface area contributed by atoms with E-state index in [4.69, 9.17) is 15.0 Å². The van der Waals surface area contributed by atoms with Crippen LogP contribution in [0, 0.1) is 0 Å². The van der Waals surface area contributed by atoms with Crippen molar-refractivity contribution in [2.45, 2.75) is 6.92 Å². The predicted octanol–water partition coefficient (Wildman–Crippen LogP) is 11.3. The van der Waals surface area contributed by atoms with Crippen LogP contribution in [0.2, 0.25) is 0 Å². The van der Waals surface area contributed by atoms with Crippen LogP contribution >= 0.6 is 0 Å². The molecule has 0 fully saturated rings. The van der Waals surface area contributed by atoms with Gasteiger partial charge in [0.25, 0.3) is 0 Å². The summed E-state index contributed by atoms with van der Waals surface area (Å²) in [5.41, 5.74) is 11.6. The van der Waals surface area contributed by atoms with Crippen molar-refractivity contribution in [2.24, 2.45) is 0 Å². The zero-order valence-corrected chi connectivity index (χ0v) is 28.6. The van der Waals surface area contributed by atoms with Gasteiger partial charge in [0.05, 0.1) is 33.1 Å². The summed E-state index contributed by atoms with van der Waals surface area (Å²) in [6, 6.07) is 52.3. The molecule has 3 aromatic heterocycles. The molecule has 248 valence electrons. The maximum atomic E-state index is 5.28. The molecule has 0 saturated heterocycles. The van der Waals surface area contributed by atoms with E-state index in [0.717, 1.165) is 84.3 Å². The Kier molecular flexibility index (Phi) is 7.75. The van der Waals surface area contributed by atoms with E-state index in [0.29, 0.717) is 0 Å². The van der Waals surface area contributed by atoms with Crippen molar-refractivity contribution in [3.63, 3.8) is 0 Å². The Morgan fingerprint density at radius 3 is 1.38 bits per heavy atom. The number of imidazole rings is 3. The average Bonchev–Trinajstić information content (AvgIpc) is 3.91. The van der Waals surface area contributed by atoms with Gasteiger partial charge in [-0.3, -0.25) is 13.7 Å². The van der Waals surface area contributed by atoms with Crippen LogP contribution in [0.15, 0.2) is 183 Å². The normalized spacial score (nSPS) is 12.1. The number of hydrogen-bond donors (Lipinski definition) is 0. The molecule has 6 nitrogen and oxygen atoms in total. The minimum absolute atomic E-state index is 0.796. The highest BCUT2D eigenvalue weighted by Gasteiger charge is 2.22. The highest BCUT2D eigenvalue weighted by Crippen LogP contribution is 2.38. The summed E-state index contributed by atoms with van der Waals surface area (Å²) in [6.45, 7) is 6.21. The van der Waals surface area contributed by atoms with Gasteiger partial charge in [0, 0.05) is 33.8 Å². The van der Waals surface area contributed by atoms with E-state index >= 15 is 0 Å². The fourth-order valence-electron chi connectivity index (χ4n) is 7.04. The van der Waals surface area contributed by atoms with Crippen molar-refractivity contribution < 1.29 is 0 Å². The molecule has 0 N–H and O–H groups in total. The van der Waals surface area contributed by atoms with E-state index in [1.807, 2.05) is 61.5 Å². The minimum Gasteiger partial charge on any atom is -0.292 e. The fourth-order valence-corrected chi connectivity index (χ4v) is 7.04. The van der Waals surface area contributed by atoms with Crippen molar-refractivity contribution in [1.29, 1.82) is 0 Å². The van der Waals surface area contributed by atoms with Gasteiger partial charge in [0.15, 0.2) is 0 Å². The molecule has 9 rings (SSSR count). The van der Waals surface area contributed by atoms with Gasteiger partial charge in [-0.15, -0.1) is 0 Å². The zero-order valence-electron chi connectivity index (χ0n) is 28.6. The number of benzene rings is 6. The molecule has 9 aromatic rings. The first-order chi connectivity index (χ1) is 25.7. The van der Waals surface area contributed by atoms with Gasteiger partial charge >= 0.3 is 0 Å². The van der Waals surface area contributed by atoms with Crippen LogP contribution in [0.3, 0.4) is 0 Å². The third kappa shape index (κ3) is 5.25. The van der Waals surface area contributed by atoms with Crippen LogP contribution in [-0.2, 0) is 0 Å². The monoisotopic (exact) mass is 670 g/mol. The standard InChI is InChI=1S/C46H34N6/c1-3-5-18-35(4-2)50-41-26-15-12-23-38(41)47-44(50)32-29-33(45-48-39-24-13-16-27-42(39)51(45)36-19-8-6-9-20-36)31-34(30-32)46-49-40-25-14-17-28-43(40)52(46)37-21-10-7-11-22-37/h3-31H,2H2,1H3/b5-3-,35-18+. The Bertz CT molecular complexity index is 2680. The van der Waals surface area contributed by atoms with Crippen molar-refractivity contribution in [3.05, 3.63) is 183 Å². The van der Waals surface area contributed by atoms with E-state index < -0.39 is 0 Å². The van der Waals surface area contributed by atoms with Crippen LogP contribution in [-0.4, -0.2) is 28.7 Å². The Morgan fingerprint density at radius 2 is 0.904 bits per heavy atom. The second-order valence-electron chi connectivity index (χ2n) is 12.6. The maximum absolute atomic E-state index is 5.28. The number of hydrogen-bond acceptors (Lipinski definition) is 3. The summed E-state index contributed by atoms with van der Waals surface area (Å²) in [4.78, 5) is 15.8. The third-order valence-corrected chi connectivity index (χ3v) is 9.35. The first kappa shape index (κ1) is 31.0. The molecule has 0 aliphatic heterocycles. The summed E-state index contributed by atoms with van der Waals surface area (Å²) >= 11 is 0. The van der Waals surface area contributed by atoms with Gasteiger partial charge in [-0.05, 0) is 97.9 Å². The Hall–Kier alpha value is -7.05. The van der Waals surface area contributed by atoms with Crippen LogP contribution in [0.25, 0.3) is 84.3 Å². The van der Waals surface area contributed by atoms with Crippen molar-refractivity contribution in [2.75, 3.05) is 0 Å². The van der Waals surface area contributed by atoms with Gasteiger partial charge in [0.2, 0.25) is 0 Å². The largest absolute Gasteiger partial charge is 0.292 e. The molecule has 0 aliphatic carbocycles. The molecule has 6 aromatic carbocycles. The van der Waals surface area contributed by atoms with Gasteiger partial charge < -0.3 is 0 Å². The number of fused-ring (bicyclic) bond motifs is 3. The predicted molar refractivity (Wildman–Crippen MR) is 215 cm³/mol. The Morgan fingerprint density at radius 1 is 0.500 bits per heavy atom. The van der Waals surface area contributed by atoms with Gasteiger partial charge in [-0.2, -0.15) is 0 Å². The lowest BCUT2D eigenvalue weighted by atomic mass is 10.0. The molecular weight excluding hydrogens is 637 g/mol. The fraction of sp³-hybridized carbons (Fsp3) is 0.0217. The summed E-state index contributed by atoms with van der Waals surface area (Å²) in [5.74, 6) is 2.45. The molecular formula is C46H34N6. The molecule has 3 heterocycles. The topological polar surface area (TPSA) is 53.5 Å². The quantitative estimate of drug-likeness (QED) is 0.151. The van der Waals surface area contributed by atoms with Crippen molar-refractivity contribution in [3.8, 4) is 45.5 Å². The molecule has 6 heteroatoms. The summed E-state index contributed by atoms with van der Waals surface area (Å²) in [5, 5.41) is 0. The smallest absolute Gasteiger partial charge is 0.145 e. The van der Waals surface area contributed by atoms with Crippen LogP contribution in [0.1, 0.15) is 6.92 Å². The van der Waals surface area contributed by atoms with Crippen LogP contribution < -0.4 is 0 Å². The van der Waals surface area contributed by atoms with E-state index in [1.54, 1.807) is 0 Å². The van der Waals surface area contributed by atoms with Crippen molar-refractivity contribution >= 4 is 38.8 Å². The van der Waals surface area contributed by atoms with E-state index in [-0.39, 0.29) is 0 Å². The molecule has 0 aliphatic rings. The van der Waals surface area contributed by atoms with Gasteiger partial charge in [-0.1, -0.05) is 91.5 Å². The molecule has 0 atom stereocenters. The second-order valence-corrected chi connectivity index (χ2v) is 12.6. The number of allylic oxidation sites excluding steroid dienone is 5. The zero-order chi connectivity index (χ0) is 35.0. The number of para-hydroxylation sites is 8. The first-order valence-electron chi connectivity index (χ1n) is 17.4. The summed E-state index contributed by atoms with van der Waals surface area (Å²) in [6.07, 6.45) is 8.00. The minimum atomic E-state index is 0.796. The highest BCUT2D eigenvalue weighted by atomic mass is 15.1. The van der Waals surface area contributed by atoms with E-state index in [9.17, 15) is 0 Å². The first-order valence-corrected chi connectivity index (χ1v) is 17.4. The SMILES string of the molecule is C=C/C(=C\C=C/C)n1c(-c2cc(-c3nc4ccccc4n3-c3ccccc3)cc(-c3nc4ccccc4n3-c3ccccc3)c2)nc2ccccc21. The van der Waals surface area contributed by atoms with Crippen LogP contribution in [0.5, 0.6) is 0 Å². The molecule has 0 unspecified atom stereocenters. The van der Waals surface area contributed by atoms with E-state index in [2.05, 4.69) is 142 Å². The molecule has 0 radical (unpaired) electrons. The van der Waals surface area contributed by atoms with Gasteiger partial charge in [-0.25, -0.2) is 15.0 Å². The molecule has 0 saturated carbocycles. The number of aromatic nitrogens is 6. The lowest BCUT2D eigenvalue weighted by Gasteiger charge is -2.15. The average molecular weight is 671 g/mol. The molecule has 0 amide bonds. The lowest BCUT2D eigenvalue weighted by molar-refractivity contribution is 1.09. The van der Waals surface area contributed by atoms with Crippen LogP contribution in [0.4, 0.5) is 0 Å². The number of rotatable bonds is 8. The number of nitrogens with zero attached hydrogens (tertiary/aromatic N) is 6. The molecule has 0 bridgehead atoms. The lowest BCUT2D eigenvalue weighted by Crippen LogP contribution is -2.02. The molecule has 0 spiro atoms. The Labute approximate surface area is 301 Å². The summed E-state index contributed by atoms with van der Waals surface area (Å²) in [7, 11) is 0. The molecule has 52 heavy (non-hydrogen) atoms. The van der Waals surface area contributed by atoms with Gasteiger partial charge in [0.1, 0.15) is 17.5 Å². The second kappa shape index (κ2) is 13.0. The van der Waals surface area contributed by atoms with Crippen molar-refractivity contribution in [1.82, 2.24) is 28.7 Å². The highest BCUT2D eigenvalue weighted by molar-refractivity contribution is 5.91. The maximum Gasteiger partial charge on any atom is 0.145 e.